The number of hydrogen-bond acceptors (Lipinski definition) is 5. The molecule has 4 heterocycles. The lowest BCUT2D eigenvalue weighted by Crippen LogP contribution is -2.40. The molecule has 2 aromatic heterocycles. The van der Waals surface area contributed by atoms with Crippen molar-refractivity contribution in [1.29, 1.82) is 0 Å². The number of rotatable bonds is 5. The van der Waals surface area contributed by atoms with Gasteiger partial charge in [-0.15, -0.1) is 0 Å². The number of aliphatic hydroxyl groups is 1. The van der Waals surface area contributed by atoms with E-state index >= 15 is 0 Å². The Morgan fingerprint density at radius 2 is 2.16 bits per heavy atom. The maximum absolute atomic E-state index is 11.7. The second-order valence-corrected chi connectivity index (χ2v) is 6.84. The number of fused-ring (bicyclic) bond motifs is 1. The van der Waals surface area contributed by atoms with Gasteiger partial charge in [0.2, 0.25) is 5.91 Å². The van der Waals surface area contributed by atoms with Crippen molar-refractivity contribution in [3.05, 3.63) is 35.7 Å². The van der Waals surface area contributed by atoms with Gasteiger partial charge in [-0.2, -0.15) is 5.10 Å². The van der Waals surface area contributed by atoms with Gasteiger partial charge in [0.05, 0.1) is 17.9 Å². The molecule has 0 aromatic carbocycles. The minimum atomic E-state index is -0.811. The van der Waals surface area contributed by atoms with Crippen LogP contribution >= 0.6 is 0 Å². The number of aromatic nitrogens is 4. The molecular weight excluding hydrogens is 320 g/mol. The molecule has 0 aliphatic carbocycles. The average molecular weight is 344 g/mol. The SMILES string of the molecule is Cn1ccnc1[C@@H](O)c1cc2n(n1)CCN(CCN1CCCC1=O)C2. The molecule has 2 aliphatic heterocycles. The standard InChI is InChI=1S/C17H24N6O2/c1-20-6-4-18-17(20)16(25)14-11-13-12-21(8-10-23(13)19-14)7-9-22-5-2-3-15(22)24/h4,6,11,16,25H,2-3,5,7-10,12H2,1H3/t16-/m0/s1. The van der Waals surface area contributed by atoms with Crippen LogP contribution in [0.3, 0.4) is 0 Å². The summed E-state index contributed by atoms with van der Waals surface area (Å²) in [5, 5.41) is 15.1. The van der Waals surface area contributed by atoms with E-state index in [1.807, 2.05) is 33.5 Å². The smallest absolute Gasteiger partial charge is 0.222 e. The number of likely N-dealkylation sites (tertiary alicyclic amines) is 1. The van der Waals surface area contributed by atoms with Crippen LogP contribution < -0.4 is 0 Å². The summed E-state index contributed by atoms with van der Waals surface area (Å²) in [6, 6.07) is 1.96. The van der Waals surface area contributed by atoms with Crippen LogP contribution in [-0.4, -0.2) is 66.3 Å². The lowest BCUT2D eigenvalue weighted by molar-refractivity contribution is -0.127. The van der Waals surface area contributed by atoms with E-state index in [9.17, 15) is 9.90 Å². The van der Waals surface area contributed by atoms with Gasteiger partial charge in [0, 0.05) is 58.6 Å². The monoisotopic (exact) mass is 344 g/mol. The molecule has 1 atom stereocenters. The van der Waals surface area contributed by atoms with Crippen molar-refractivity contribution in [2.75, 3.05) is 26.2 Å². The first-order chi connectivity index (χ1) is 12.1. The van der Waals surface area contributed by atoms with E-state index in [2.05, 4.69) is 15.0 Å². The van der Waals surface area contributed by atoms with Gasteiger partial charge in [0.15, 0.2) is 6.10 Å². The number of imidazole rings is 1. The van der Waals surface area contributed by atoms with Crippen molar-refractivity contribution in [1.82, 2.24) is 29.1 Å². The van der Waals surface area contributed by atoms with Crippen LogP contribution in [-0.2, 0) is 24.9 Å². The largest absolute Gasteiger partial charge is 0.379 e. The van der Waals surface area contributed by atoms with Gasteiger partial charge >= 0.3 is 0 Å². The fourth-order valence-electron chi connectivity index (χ4n) is 3.64. The Kier molecular flexibility index (Phi) is 4.30. The molecule has 1 N–H and O–H groups in total. The van der Waals surface area contributed by atoms with Gasteiger partial charge in [0.25, 0.3) is 0 Å². The van der Waals surface area contributed by atoms with Crippen LogP contribution in [0.5, 0.6) is 0 Å². The van der Waals surface area contributed by atoms with Crippen molar-refractivity contribution < 1.29 is 9.90 Å². The highest BCUT2D eigenvalue weighted by Crippen LogP contribution is 2.22. The zero-order chi connectivity index (χ0) is 17.4. The Morgan fingerprint density at radius 1 is 1.28 bits per heavy atom. The lowest BCUT2D eigenvalue weighted by Gasteiger charge is -2.29. The molecule has 8 nitrogen and oxygen atoms in total. The Bertz CT molecular complexity index is 767. The number of hydrogen-bond donors (Lipinski definition) is 1. The number of amides is 1. The molecule has 1 saturated heterocycles. The fraction of sp³-hybridized carbons (Fsp3) is 0.588. The highest BCUT2D eigenvalue weighted by atomic mass is 16.3. The third kappa shape index (κ3) is 3.19. The van der Waals surface area contributed by atoms with Crippen LogP contribution in [0.2, 0.25) is 0 Å². The van der Waals surface area contributed by atoms with E-state index in [4.69, 9.17) is 0 Å². The number of nitrogens with zero attached hydrogens (tertiary/aromatic N) is 6. The van der Waals surface area contributed by atoms with Gasteiger partial charge in [-0.3, -0.25) is 14.4 Å². The molecule has 2 aliphatic rings. The molecule has 1 fully saturated rings. The van der Waals surface area contributed by atoms with E-state index in [0.29, 0.717) is 17.9 Å². The quantitative estimate of drug-likeness (QED) is 0.834. The summed E-state index contributed by atoms with van der Waals surface area (Å²) >= 11 is 0. The van der Waals surface area contributed by atoms with E-state index in [0.717, 1.165) is 51.4 Å². The maximum atomic E-state index is 11.7. The summed E-state index contributed by atoms with van der Waals surface area (Å²) in [6.07, 6.45) is 4.36. The zero-order valence-corrected chi connectivity index (χ0v) is 14.5. The molecule has 8 heteroatoms. The lowest BCUT2D eigenvalue weighted by atomic mass is 10.2. The normalized spacial score (nSPS) is 19.4. The highest BCUT2D eigenvalue weighted by Gasteiger charge is 2.25. The summed E-state index contributed by atoms with van der Waals surface area (Å²) in [7, 11) is 1.86. The number of aryl methyl sites for hydroxylation is 1. The van der Waals surface area contributed by atoms with Gasteiger partial charge < -0.3 is 14.6 Å². The predicted molar refractivity (Wildman–Crippen MR) is 90.6 cm³/mol. The van der Waals surface area contributed by atoms with Crippen molar-refractivity contribution >= 4 is 5.91 Å². The molecule has 0 spiro atoms. The first-order valence-corrected chi connectivity index (χ1v) is 8.84. The second kappa shape index (κ2) is 6.61. The fourth-order valence-corrected chi connectivity index (χ4v) is 3.64. The van der Waals surface area contributed by atoms with Crippen LogP contribution in [0.1, 0.15) is 36.2 Å². The summed E-state index contributed by atoms with van der Waals surface area (Å²) in [6.45, 7) is 5.09. The average Bonchev–Trinajstić information content (AvgIpc) is 3.31. The number of aliphatic hydroxyl groups excluding tert-OH is 1. The number of carbonyl (C=O) groups is 1. The first-order valence-electron chi connectivity index (χ1n) is 8.84. The molecule has 1 amide bonds. The van der Waals surface area contributed by atoms with Crippen molar-refractivity contribution in [2.24, 2.45) is 7.05 Å². The van der Waals surface area contributed by atoms with Crippen molar-refractivity contribution in [3.8, 4) is 0 Å². The molecule has 0 unspecified atom stereocenters. The van der Waals surface area contributed by atoms with E-state index in [1.54, 1.807) is 6.20 Å². The van der Waals surface area contributed by atoms with E-state index in [-0.39, 0.29) is 5.91 Å². The van der Waals surface area contributed by atoms with Gasteiger partial charge in [-0.25, -0.2) is 4.98 Å². The molecule has 0 radical (unpaired) electrons. The maximum Gasteiger partial charge on any atom is 0.222 e. The van der Waals surface area contributed by atoms with Crippen molar-refractivity contribution in [3.63, 3.8) is 0 Å². The van der Waals surface area contributed by atoms with Crippen LogP contribution in [0.15, 0.2) is 18.5 Å². The summed E-state index contributed by atoms with van der Waals surface area (Å²) in [5.74, 6) is 0.877. The van der Waals surface area contributed by atoms with Gasteiger partial charge in [-0.1, -0.05) is 0 Å². The van der Waals surface area contributed by atoms with Crippen LogP contribution in [0, 0.1) is 0 Å². The molecular formula is C17H24N6O2. The minimum Gasteiger partial charge on any atom is -0.379 e. The Labute approximate surface area is 146 Å². The Hall–Kier alpha value is -2.19. The predicted octanol–water partition coefficient (Wildman–Crippen LogP) is 0.136. The Morgan fingerprint density at radius 3 is 2.88 bits per heavy atom. The highest BCUT2D eigenvalue weighted by molar-refractivity contribution is 5.78. The summed E-state index contributed by atoms with van der Waals surface area (Å²) in [4.78, 5) is 20.2. The molecule has 25 heavy (non-hydrogen) atoms. The third-order valence-corrected chi connectivity index (χ3v) is 5.14. The topological polar surface area (TPSA) is 79.4 Å². The van der Waals surface area contributed by atoms with Crippen molar-refractivity contribution in [2.45, 2.75) is 32.0 Å². The molecule has 2 aromatic rings. The van der Waals surface area contributed by atoms with E-state index < -0.39 is 6.10 Å². The molecule has 0 saturated carbocycles. The van der Waals surface area contributed by atoms with Crippen LogP contribution in [0.25, 0.3) is 0 Å². The van der Waals surface area contributed by atoms with E-state index in [1.165, 1.54) is 0 Å². The van der Waals surface area contributed by atoms with Gasteiger partial charge in [-0.05, 0) is 12.5 Å². The molecule has 0 bridgehead atoms. The second-order valence-electron chi connectivity index (χ2n) is 6.84. The van der Waals surface area contributed by atoms with Gasteiger partial charge in [0.1, 0.15) is 5.82 Å². The summed E-state index contributed by atoms with van der Waals surface area (Å²) < 4.78 is 3.78. The first kappa shape index (κ1) is 16.3. The summed E-state index contributed by atoms with van der Waals surface area (Å²) in [5.41, 5.74) is 1.74. The molecule has 134 valence electrons. The number of carbonyl (C=O) groups excluding carboxylic acids is 1. The zero-order valence-electron chi connectivity index (χ0n) is 14.5. The van der Waals surface area contributed by atoms with Crippen LogP contribution in [0.4, 0.5) is 0 Å². The Balaban J connectivity index is 1.41. The molecule has 4 rings (SSSR count). The minimum absolute atomic E-state index is 0.280. The third-order valence-electron chi connectivity index (χ3n) is 5.14.